The second-order valence-corrected chi connectivity index (χ2v) is 4.20. The summed E-state index contributed by atoms with van der Waals surface area (Å²) >= 11 is 6.08. The summed E-state index contributed by atoms with van der Waals surface area (Å²) in [7, 11) is 0. The van der Waals surface area contributed by atoms with Gasteiger partial charge in [-0.1, -0.05) is 23.7 Å². The van der Waals surface area contributed by atoms with Gasteiger partial charge in [0, 0.05) is 18.0 Å². The quantitative estimate of drug-likeness (QED) is 0.860. The average Bonchev–Trinajstić information content (AvgIpc) is 2.30. The molecule has 0 radical (unpaired) electrons. The highest BCUT2D eigenvalue weighted by atomic mass is 35.5. The normalized spacial score (nSPS) is 12.7. The highest BCUT2D eigenvalue weighted by Crippen LogP contribution is 2.22. The van der Waals surface area contributed by atoms with Crippen molar-refractivity contribution < 1.29 is 0 Å². The molecule has 0 aliphatic rings. The zero-order valence-corrected chi connectivity index (χ0v) is 9.83. The van der Waals surface area contributed by atoms with Crippen LogP contribution in [-0.4, -0.2) is 17.6 Å². The second-order valence-electron chi connectivity index (χ2n) is 3.79. The monoisotopic (exact) mass is 235 g/mol. The first-order valence-corrected chi connectivity index (χ1v) is 5.60. The molecule has 1 aromatic heterocycles. The number of hydrogen-bond donors (Lipinski definition) is 2. The number of hydrogen-bond acceptors (Lipinski definition) is 3. The molecule has 3 nitrogen and oxygen atoms in total. The molecule has 0 fully saturated rings. The van der Waals surface area contributed by atoms with Gasteiger partial charge in [0.15, 0.2) is 0 Å². The number of pyridine rings is 1. The molecular formula is C12H14ClN3. The molecule has 0 amide bonds. The fourth-order valence-corrected chi connectivity index (χ4v) is 1.73. The predicted molar refractivity (Wildman–Crippen MR) is 68.9 cm³/mol. The van der Waals surface area contributed by atoms with Gasteiger partial charge in [0.2, 0.25) is 0 Å². The Balaban J connectivity index is 2.39. The van der Waals surface area contributed by atoms with Crippen LogP contribution in [0.5, 0.6) is 0 Å². The molecule has 0 aliphatic carbocycles. The molecule has 0 bridgehead atoms. The molecule has 1 heterocycles. The maximum atomic E-state index is 6.08. The van der Waals surface area contributed by atoms with Crippen LogP contribution in [0, 0.1) is 0 Å². The van der Waals surface area contributed by atoms with Crippen molar-refractivity contribution in [1.29, 1.82) is 0 Å². The number of anilines is 1. The molecule has 1 unspecified atom stereocenters. The molecule has 0 aliphatic heterocycles. The summed E-state index contributed by atoms with van der Waals surface area (Å²) in [6.07, 6.45) is 0. The van der Waals surface area contributed by atoms with Crippen molar-refractivity contribution in [3.05, 3.63) is 35.4 Å². The molecule has 84 valence electrons. The van der Waals surface area contributed by atoms with Crippen LogP contribution >= 0.6 is 11.6 Å². The molecule has 4 heteroatoms. The summed E-state index contributed by atoms with van der Waals surface area (Å²) in [4.78, 5) is 4.46. The largest absolute Gasteiger partial charge is 0.366 e. The molecule has 2 aromatic rings. The lowest BCUT2D eigenvalue weighted by atomic mass is 10.2. The minimum atomic E-state index is 0.201. The number of aromatic nitrogens is 1. The number of benzene rings is 1. The van der Waals surface area contributed by atoms with E-state index in [2.05, 4.69) is 10.3 Å². The maximum absolute atomic E-state index is 6.08. The lowest BCUT2D eigenvalue weighted by Crippen LogP contribution is -2.25. The number of rotatable bonds is 3. The SMILES string of the molecule is CC(CN)Nc1ccc2cccc(Cl)c2n1. The minimum Gasteiger partial charge on any atom is -0.366 e. The van der Waals surface area contributed by atoms with Gasteiger partial charge in [0.25, 0.3) is 0 Å². The molecule has 16 heavy (non-hydrogen) atoms. The van der Waals surface area contributed by atoms with Crippen LogP contribution in [0.1, 0.15) is 6.92 Å². The van der Waals surface area contributed by atoms with Crippen molar-refractivity contribution in [2.24, 2.45) is 5.73 Å². The van der Waals surface area contributed by atoms with E-state index in [0.29, 0.717) is 11.6 Å². The Morgan fingerprint density at radius 3 is 2.94 bits per heavy atom. The topological polar surface area (TPSA) is 50.9 Å². The zero-order chi connectivity index (χ0) is 11.5. The van der Waals surface area contributed by atoms with Crippen LogP contribution in [0.25, 0.3) is 10.9 Å². The van der Waals surface area contributed by atoms with Crippen LogP contribution in [0.3, 0.4) is 0 Å². The third kappa shape index (κ3) is 2.26. The minimum absolute atomic E-state index is 0.201. The first-order chi connectivity index (χ1) is 7.70. The van der Waals surface area contributed by atoms with Crippen LogP contribution in [0.2, 0.25) is 5.02 Å². The first kappa shape index (κ1) is 11.2. The van der Waals surface area contributed by atoms with Gasteiger partial charge in [-0.2, -0.15) is 0 Å². The number of nitrogens with one attached hydrogen (secondary N) is 1. The number of fused-ring (bicyclic) bond motifs is 1. The Labute approximate surface area is 99.6 Å². The molecule has 1 aromatic carbocycles. The van der Waals surface area contributed by atoms with Crippen molar-refractivity contribution in [3.63, 3.8) is 0 Å². The predicted octanol–water partition coefficient (Wildman–Crippen LogP) is 2.65. The second kappa shape index (κ2) is 4.68. The van der Waals surface area contributed by atoms with E-state index < -0.39 is 0 Å². The average molecular weight is 236 g/mol. The Kier molecular flexibility index (Phi) is 3.27. The van der Waals surface area contributed by atoms with E-state index >= 15 is 0 Å². The molecule has 3 N–H and O–H groups in total. The Hall–Kier alpha value is -1.32. The van der Waals surface area contributed by atoms with Crippen molar-refractivity contribution in [3.8, 4) is 0 Å². The van der Waals surface area contributed by atoms with Gasteiger partial charge in [-0.15, -0.1) is 0 Å². The van der Waals surface area contributed by atoms with Gasteiger partial charge in [0.1, 0.15) is 5.82 Å². The van der Waals surface area contributed by atoms with E-state index in [-0.39, 0.29) is 6.04 Å². The molecular weight excluding hydrogens is 222 g/mol. The summed E-state index contributed by atoms with van der Waals surface area (Å²) < 4.78 is 0. The van der Waals surface area contributed by atoms with Gasteiger partial charge in [-0.05, 0) is 25.1 Å². The van der Waals surface area contributed by atoms with Crippen LogP contribution in [0.15, 0.2) is 30.3 Å². The summed E-state index contributed by atoms with van der Waals surface area (Å²) in [6, 6.07) is 9.89. The smallest absolute Gasteiger partial charge is 0.126 e. The highest BCUT2D eigenvalue weighted by molar-refractivity contribution is 6.35. The Bertz CT molecular complexity index is 499. The molecule has 0 saturated heterocycles. The van der Waals surface area contributed by atoms with Crippen molar-refractivity contribution in [2.45, 2.75) is 13.0 Å². The fourth-order valence-electron chi connectivity index (χ4n) is 1.50. The van der Waals surface area contributed by atoms with Crippen molar-refractivity contribution >= 4 is 28.3 Å². The van der Waals surface area contributed by atoms with E-state index in [1.165, 1.54) is 0 Å². The fraction of sp³-hybridized carbons (Fsp3) is 0.250. The zero-order valence-electron chi connectivity index (χ0n) is 9.07. The maximum Gasteiger partial charge on any atom is 0.126 e. The lowest BCUT2D eigenvalue weighted by Gasteiger charge is -2.12. The van der Waals surface area contributed by atoms with Crippen LogP contribution in [-0.2, 0) is 0 Å². The van der Waals surface area contributed by atoms with E-state index in [9.17, 15) is 0 Å². The van der Waals surface area contributed by atoms with E-state index in [1.54, 1.807) is 0 Å². The first-order valence-electron chi connectivity index (χ1n) is 5.22. The van der Waals surface area contributed by atoms with Gasteiger partial charge in [-0.3, -0.25) is 0 Å². The van der Waals surface area contributed by atoms with Gasteiger partial charge in [-0.25, -0.2) is 4.98 Å². The Morgan fingerprint density at radius 1 is 1.38 bits per heavy atom. The van der Waals surface area contributed by atoms with E-state index in [1.807, 2.05) is 37.3 Å². The number of para-hydroxylation sites is 1. The number of halogens is 1. The third-order valence-electron chi connectivity index (χ3n) is 2.42. The highest BCUT2D eigenvalue weighted by Gasteiger charge is 2.03. The summed E-state index contributed by atoms with van der Waals surface area (Å²) in [6.45, 7) is 2.58. The van der Waals surface area contributed by atoms with Crippen molar-refractivity contribution in [2.75, 3.05) is 11.9 Å². The lowest BCUT2D eigenvalue weighted by molar-refractivity contribution is 0.799. The number of nitrogens with two attached hydrogens (primary N) is 1. The van der Waals surface area contributed by atoms with Crippen LogP contribution in [0.4, 0.5) is 5.82 Å². The summed E-state index contributed by atoms with van der Waals surface area (Å²) in [5.74, 6) is 0.804. The standard InChI is InChI=1S/C12H14ClN3/c1-8(7-14)15-11-6-5-9-3-2-4-10(13)12(9)16-11/h2-6,8H,7,14H2,1H3,(H,15,16). The molecule has 0 saturated carbocycles. The van der Waals surface area contributed by atoms with Gasteiger partial charge < -0.3 is 11.1 Å². The summed E-state index contributed by atoms with van der Waals surface area (Å²) in [5.41, 5.74) is 6.36. The van der Waals surface area contributed by atoms with E-state index in [0.717, 1.165) is 16.7 Å². The molecule has 1 atom stereocenters. The van der Waals surface area contributed by atoms with Gasteiger partial charge >= 0.3 is 0 Å². The Morgan fingerprint density at radius 2 is 2.19 bits per heavy atom. The summed E-state index contributed by atoms with van der Waals surface area (Å²) in [5, 5.41) is 4.92. The molecule has 0 spiro atoms. The van der Waals surface area contributed by atoms with Gasteiger partial charge in [0.05, 0.1) is 10.5 Å². The van der Waals surface area contributed by atoms with Crippen molar-refractivity contribution in [1.82, 2.24) is 4.98 Å². The third-order valence-corrected chi connectivity index (χ3v) is 2.72. The van der Waals surface area contributed by atoms with Crippen LogP contribution < -0.4 is 11.1 Å². The van der Waals surface area contributed by atoms with E-state index in [4.69, 9.17) is 17.3 Å². The number of nitrogens with zero attached hydrogens (tertiary/aromatic N) is 1. The molecule has 2 rings (SSSR count).